The van der Waals surface area contributed by atoms with Crippen molar-refractivity contribution >= 4 is 45.4 Å². The molecule has 148 valence electrons. The van der Waals surface area contributed by atoms with Crippen molar-refractivity contribution in [1.82, 2.24) is 0 Å². The number of thiophene rings is 1. The highest BCUT2D eigenvalue weighted by molar-refractivity contribution is 7.17. The van der Waals surface area contributed by atoms with Gasteiger partial charge in [-0.1, -0.05) is 35.9 Å². The van der Waals surface area contributed by atoms with Crippen molar-refractivity contribution in [1.29, 1.82) is 0 Å². The van der Waals surface area contributed by atoms with E-state index in [0.29, 0.717) is 21.2 Å². The highest BCUT2D eigenvalue weighted by Gasteiger charge is 2.27. The van der Waals surface area contributed by atoms with Crippen molar-refractivity contribution in [2.24, 2.45) is 0 Å². The molecule has 1 aliphatic rings. The van der Waals surface area contributed by atoms with Gasteiger partial charge in [-0.2, -0.15) is 0 Å². The van der Waals surface area contributed by atoms with Gasteiger partial charge in [-0.15, -0.1) is 11.3 Å². The first-order chi connectivity index (χ1) is 14.0. The topological polar surface area (TPSA) is 58.2 Å². The summed E-state index contributed by atoms with van der Waals surface area (Å²) in [6.07, 6.45) is 3.94. The molecule has 0 saturated heterocycles. The molecule has 4 nitrogen and oxygen atoms in total. The molecule has 1 heterocycles. The van der Waals surface area contributed by atoms with E-state index in [-0.39, 0.29) is 11.8 Å². The van der Waals surface area contributed by atoms with Crippen molar-refractivity contribution in [2.75, 3.05) is 10.6 Å². The maximum Gasteiger partial charge on any atom is 0.258 e. The number of carbonyl (C=O) groups is 2. The summed E-state index contributed by atoms with van der Waals surface area (Å²) in [4.78, 5) is 27.2. The summed E-state index contributed by atoms with van der Waals surface area (Å²) in [6, 6.07) is 14.6. The summed E-state index contributed by atoms with van der Waals surface area (Å²) in [7, 11) is 0. The highest BCUT2D eigenvalue weighted by atomic mass is 35.5. The van der Waals surface area contributed by atoms with Crippen LogP contribution in [0, 0.1) is 6.92 Å². The van der Waals surface area contributed by atoms with E-state index in [0.717, 1.165) is 42.5 Å². The van der Waals surface area contributed by atoms with Crippen LogP contribution in [-0.4, -0.2) is 11.8 Å². The molecule has 0 unspecified atom stereocenters. The van der Waals surface area contributed by atoms with E-state index < -0.39 is 0 Å². The second kappa shape index (κ2) is 8.39. The van der Waals surface area contributed by atoms with E-state index in [1.807, 2.05) is 31.2 Å². The molecule has 0 saturated carbocycles. The van der Waals surface area contributed by atoms with Gasteiger partial charge in [0.2, 0.25) is 0 Å². The van der Waals surface area contributed by atoms with Gasteiger partial charge >= 0.3 is 0 Å². The van der Waals surface area contributed by atoms with Gasteiger partial charge in [0.15, 0.2) is 0 Å². The monoisotopic (exact) mass is 424 g/mol. The number of aryl methyl sites for hydroxylation is 2. The number of carbonyl (C=O) groups excluding carboxylic acids is 2. The number of fused-ring (bicyclic) bond motifs is 1. The van der Waals surface area contributed by atoms with Crippen LogP contribution in [0.4, 0.5) is 10.7 Å². The van der Waals surface area contributed by atoms with E-state index in [2.05, 4.69) is 10.6 Å². The van der Waals surface area contributed by atoms with Crippen LogP contribution < -0.4 is 10.6 Å². The Morgan fingerprint density at radius 1 is 0.966 bits per heavy atom. The summed E-state index contributed by atoms with van der Waals surface area (Å²) >= 11 is 7.67. The zero-order valence-corrected chi connectivity index (χ0v) is 17.6. The van der Waals surface area contributed by atoms with Crippen LogP contribution in [0.3, 0.4) is 0 Å². The molecular weight excluding hydrogens is 404 g/mol. The molecule has 2 N–H and O–H groups in total. The predicted octanol–water partition coefficient (Wildman–Crippen LogP) is 6.09. The number of benzene rings is 2. The number of nitrogens with one attached hydrogen (secondary N) is 2. The zero-order chi connectivity index (χ0) is 20.4. The minimum Gasteiger partial charge on any atom is -0.322 e. The summed E-state index contributed by atoms with van der Waals surface area (Å²) in [5.41, 5.74) is 3.84. The molecular formula is C23H21ClN2O2S. The summed E-state index contributed by atoms with van der Waals surface area (Å²) < 4.78 is 0. The van der Waals surface area contributed by atoms with Gasteiger partial charge in [0.05, 0.1) is 16.1 Å². The Hall–Kier alpha value is -2.63. The van der Waals surface area contributed by atoms with Gasteiger partial charge in [0.25, 0.3) is 11.8 Å². The normalized spacial score (nSPS) is 12.9. The van der Waals surface area contributed by atoms with E-state index in [1.165, 1.54) is 16.2 Å². The lowest BCUT2D eigenvalue weighted by Gasteiger charge is -2.13. The van der Waals surface area contributed by atoms with Crippen LogP contribution >= 0.6 is 22.9 Å². The number of hydrogen-bond acceptors (Lipinski definition) is 3. The van der Waals surface area contributed by atoms with Crippen molar-refractivity contribution < 1.29 is 9.59 Å². The predicted molar refractivity (Wildman–Crippen MR) is 119 cm³/mol. The van der Waals surface area contributed by atoms with Gasteiger partial charge in [0.1, 0.15) is 5.00 Å². The molecule has 0 radical (unpaired) electrons. The first kappa shape index (κ1) is 19.7. The molecule has 1 aliphatic carbocycles. The average molecular weight is 425 g/mol. The van der Waals surface area contributed by atoms with Gasteiger partial charge in [-0.05, 0) is 68.0 Å². The maximum absolute atomic E-state index is 13.2. The Morgan fingerprint density at radius 3 is 2.55 bits per heavy atom. The van der Waals surface area contributed by atoms with Crippen LogP contribution in [-0.2, 0) is 12.8 Å². The third kappa shape index (κ3) is 4.21. The Bertz CT molecular complexity index is 1090. The minimum atomic E-state index is -0.307. The molecule has 0 spiro atoms. The van der Waals surface area contributed by atoms with E-state index in [4.69, 9.17) is 11.6 Å². The Labute approximate surface area is 178 Å². The van der Waals surface area contributed by atoms with Gasteiger partial charge < -0.3 is 10.6 Å². The molecule has 29 heavy (non-hydrogen) atoms. The van der Waals surface area contributed by atoms with Crippen LogP contribution in [0.5, 0.6) is 0 Å². The molecule has 6 heteroatoms. The Morgan fingerprint density at radius 2 is 1.76 bits per heavy atom. The molecule has 4 rings (SSSR count). The molecule has 1 aromatic heterocycles. The smallest absolute Gasteiger partial charge is 0.258 e. The third-order valence-electron chi connectivity index (χ3n) is 5.02. The molecule has 0 atom stereocenters. The van der Waals surface area contributed by atoms with Gasteiger partial charge in [0, 0.05) is 10.6 Å². The number of anilines is 2. The number of hydrogen-bond donors (Lipinski definition) is 2. The van der Waals surface area contributed by atoms with E-state index in [9.17, 15) is 9.59 Å². The number of amides is 2. The Kier molecular flexibility index (Phi) is 5.69. The van der Waals surface area contributed by atoms with Crippen LogP contribution in [0.15, 0.2) is 48.5 Å². The van der Waals surface area contributed by atoms with Crippen molar-refractivity contribution in [2.45, 2.75) is 32.6 Å². The summed E-state index contributed by atoms with van der Waals surface area (Å²) in [5.74, 6) is -0.497. The maximum atomic E-state index is 13.2. The highest BCUT2D eigenvalue weighted by Crippen LogP contribution is 2.39. The van der Waals surface area contributed by atoms with Crippen molar-refractivity contribution in [3.63, 3.8) is 0 Å². The van der Waals surface area contributed by atoms with Gasteiger partial charge in [-0.25, -0.2) is 0 Å². The second-order valence-corrected chi connectivity index (χ2v) is 8.68. The van der Waals surface area contributed by atoms with Crippen molar-refractivity contribution in [3.8, 4) is 0 Å². The van der Waals surface area contributed by atoms with Crippen molar-refractivity contribution in [3.05, 3.63) is 80.7 Å². The SMILES string of the molecule is Cc1cccc(NC(=O)c2c(NC(=O)c3ccccc3Cl)sc3c2CCCC3)c1. The molecule has 3 aromatic rings. The lowest BCUT2D eigenvalue weighted by atomic mass is 9.95. The lowest BCUT2D eigenvalue weighted by Crippen LogP contribution is -2.18. The minimum absolute atomic E-state index is 0.190. The first-order valence-electron chi connectivity index (χ1n) is 9.61. The molecule has 0 fully saturated rings. The van der Waals surface area contributed by atoms with Crippen LogP contribution in [0.2, 0.25) is 5.02 Å². The lowest BCUT2D eigenvalue weighted by molar-refractivity contribution is 0.102. The first-order valence-corrected chi connectivity index (χ1v) is 10.8. The van der Waals surface area contributed by atoms with Gasteiger partial charge in [-0.3, -0.25) is 9.59 Å². The molecule has 2 amide bonds. The largest absolute Gasteiger partial charge is 0.322 e. The fraction of sp³-hybridized carbons (Fsp3) is 0.217. The average Bonchev–Trinajstić information content (AvgIpc) is 3.06. The zero-order valence-electron chi connectivity index (χ0n) is 16.0. The molecule has 0 bridgehead atoms. The molecule has 2 aromatic carbocycles. The quantitative estimate of drug-likeness (QED) is 0.532. The standard InChI is InChI=1S/C23H21ClN2O2S/c1-14-7-6-8-15(13-14)25-22(28)20-17-10-3-5-12-19(17)29-23(20)26-21(27)16-9-2-4-11-18(16)24/h2,4,6-9,11,13H,3,5,10,12H2,1H3,(H,25,28)(H,26,27). The van der Waals surface area contributed by atoms with E-state index in [1.54, 1.807) is 24.3 Å². The second-order valence-electron chi connectivity index (χ2n) is 7.17. The fourth-order valence-electron chi connectivity index (χ4n) is 3.63. The number of rotatable bonds is 4. The van der Waals surface area contributed by atoms with E-state index >= 15 is 0 Å². The van der Waals surface area contributed by atoms with Crippen LogP contribution in [0.1, 0.15) is 49.6 Å². The summed E-state index contributed by atoms with van der Waals surface area (Å²) in [6.45, 7) is 1.98. The number of halogens is 1. The molecule has 0 aliphatic heterocycles. The summed E-state index contributed by atoms with van der Waals surface area (Å²) in [5, 5.41) is 6.90. The fourth-order valence-corrected chi connectivity index (χ4v) is 5.13. The van der Waals surface area contributed by atoms with Crippen LogP contribution in [0.25, 0.3) is 0 Å². The third-order valence-corrected chi connectivity index (χ3v) is 6.56. The Balaban J connectivity index is 1.67.